The highest BCUT2D eigenvalue weighted by atomic mass is 32.2. The van der Waals surface area contributed by atoms with Crippen molar-refractivity contribution >= 4 is 16.2 Å². The first-order valence-electron chi connectivity index (χ1n) is 5.43. The van der Waals surface area contributed by atoms with Gasteiger partial charge in [0.25, 0.3) is 10.2 Å². The molecule has 0 saturated heterocycles. The lowest BCUT2D eigenvalue weighted by atomic mass is 10.2. The van der Waals surface area contributed by atoms with Crippen LogP contribution in [-0.2, 0) is 15.0 Å². The number of hydrogen-bond donors (Lipinski definition) is 3. The van der Waals surface area contributed by atoms with E-state index >= 15 is 0 Å². The van der Waals surface area contributed by atoms with E-state index in [-0.39, 0.29) is 19.6 Å². The number of nitrogens with zero attached hydrogens (tertiary/aromatic N) is 1. The summed E-state index contributed by atoms with van der Waals surface area (Å²) in [5, 5.41) is 17.0. The van der Waals surface area contributed by atoms with E-state index in [1.165, 1.54) is 7.05 Å². The lowest BCUT2D eigenvalue weighted by Gasteiger charge is -2.16. The highest BCUT2D eigenvalue weighted by Crippen LogP contribution is 1.98. The lowest BCUT2D eigenvalue weighted by molar-refractivity contribution is -0.137. The molecule has 0 amide bonds. The number of hydrogen-bond acceptors (Lipinski definition) is 4. The van der Waals surface area contributed by atoms with Crippen LogP contribution < -0.4 is 4.72 Å². The molecule has 0 aromatic carbocycles. The SMILES string of the molecule is CN(CCC(=O)O)S(=O)(=O)NCCCCCO. The summed E-state index contributed by atoms with van der Waals surface area (Å²) in [5.74, 6) is -1.03. The molecule has 0 aliphatic rings. The predicted molar refractivity (Wildman–Crippen MR) is 62.7 cm³/mol. The molecule has 0 atom stereocenters. The number of nitrogens with one attached hydrogen (secondary N) is 1. The second-order valence-electron chi connectivity index (χ2n) is 3.65. The maximum Gasteiger partial charge on any atom is 0.304 e. The van der Waals surface area contributed by atoms with E-state index < -0.39 is 16.2 Å². The van der Waals surface area contributed by atoms with Gasteiger partial charge in [-0.25, -0.2) is 4.72 Å². The zero-order valence-electron chi connectivity index (χ0n) is 9.92. The van der Waals surface area contributed by atoms with Gasteiger partial charge in [0.05, 0.1) is 6.42 Å². The second kappa shape index (κ2) is 8.40. The fourth-order valence-corrected chi connectivity index (χ4v) is 2.05. The predicted octanol–water partition coefficient (Wildman–Crippen LogP) is -0.610. The van der Waals surface area contributed by atoms with Crippen molar-refractivity contribution in [2.45, 2.75) is 25.7 Å². The summed E-state index contributed by atoms with van der Waals surface area (Å²) in [6.45, 7) is 0.340. The number of carboxylic acid groups (broad SMARTS) is 1. The summed E-state index contributed by atoms with van der Waals surface area (Å²) >= 11 is 0. The van der Waals surface area contributed by atoms with E-state index in [2.05, 4.69) is 4.72 Å². The van der Waals surface area contributed by atoms with Crippen LogP contribution in [-0.4, -0.2) is 55.6 Å². The minimum atomic E-state index is -3.59. The number of aliphatic carboxylic acids is 1. The van der Waals surface area contributed by atoms with Crippen LogP contribution in [0.25, 0.3) is 0 Å². The molecule has 0 fully saturated rings. The third-order valence-electron chi connectivity index (χ3n) is 2.17. The van der Waals surface area contributed by atoms with Crippen LogP contribution in [0.15, 0.2) is 0 Å². The largest absolute Gasteiger partial charge is 0.481 e. The van der Waals surface area contributed by atoms with Crippen LogP contribution in [0.2, 0.25) is 0 Å². The molecular formula is C9H20N2O5S. The van der Waals surface area contributed by atoms with Crippen molar-refractivity contribution in [1.29, 1.82) is 0 Å². The van der Waals surface area contributed by atoms with Crippen molar-refractivity contribution in [3.63, 3.8) is 0 Å². The topological polar surface area (TPSA) is 107 Å². The van der Waals surface area contributed by atoms with Gasteiger partial charge in [0.2, 0.25) is 0 Å². The first-order valence-corrected chi connectivity index (χ1v) is 6.87. The lowest BCUT2D eigenvalue weighted by Crippen LogP contribution is -2.39. The summed E-state index contributed by atoms with van der Waals surface area (Å²) in [6, 6.07) is 0. The molecular weight excluding hydrogens is 248 g/mol. The van der Waals surface area contributed by atoms with Crippen molar-refractivity contribution in [1.82, 2.24) is 9.03 Å². The maximum atomic E-state index is 11.5. The van der Waals surface area contributed by atoms with Gasteiger partial charge >= 0.3 is 5.97 Å². The fraction of sp³-hybridized carbons (Fsp3) is 0.889. The Morgan fingerprint density at radius 1 is 1.29 bits per heavy atom. The zero-order valence-corrected chi connectivity index (χ0v) is 10.7. The summed E-state index contributed by atoms with van der Waals surface area (Å²) in [6.07, 6.45) is 1.82. The highest BCUT2D eigenvalue weighted by Gasteiger charge is 2.17. The van der Waals surface area contributed by atoms with Gasteiger partial charge in [-0.3, -0.25) is 4.79 Å². The fourth-order valence-electron chi connectivity index (χ4n) is 1.10. The molecule has 0 rings (SSSR count). The molecule has 0 spiro atoms. The van der Waals surface area contributed by atoms with E-state index in [0.717, 1.165) is 10.7 Å². The smallest absolute Gasteiger partial charge is 0.304 e. The van der Waals surface area contributed by atoms with E-state index in [1.807, 2.05) is 0 Å². The minimum Gasteiger partial charge on any atom is -0.481 e. The molecule has 0 aliphatic heterocycles. The van der Waals surface area contributed by atoms with Crippen molar-refractivity contribution in [2.24, 2.45) is 0 Å². The Hall–Kier alpha value is -0.700. The molecule has 0 saturated carbocycles. The van der Waals surface area contributed by atoms with Gasteiger partial charge in [0.15, 0.2) is 0 Å². The van der Waals surface area contributed by atoms with Gasteiger partial charge in [-0.05, 0) is 19.3 Å². The first-order chi connectivity index (χ1) is 7.90. The Kier molecular flexibility index (Phi) is 8.05. The molecule has 102 valence electrons. The van der Waals surface area contributed by atoms with Gasteiger partial charge in [-0.2, -0.15) is 12.7 Å². The van der Waals surface area contributed by atoms with Crippen LogP contribution in [0.4, 0.5) is 0 Å². The number of carboxylic acids is 1. The van der Waals surface area contributed by atoms with Crippen LogP contribution >= 0.6 is 0 Å². The molecule has 7 nitrogen and oxygen atoms in total. The van der Waals surface area contributed by atoms with Crippen LogP contribution in [0.5, 0.6) is 0 Å². The average molecular weight is 268 g/mol. The average Bonchev–Trinajstić information content (AvgIpc) is 2.25. The highest BCUT2D eigenvalue weighted by molar-refractivity contribution is 7.87. The quantitative estimate of drug-likeness (QED) is 0.458. The Morgan fingerprint density at radius 2 is 1.94 bits per heavy atom. The Bertz CT molecular complexity index is 317. The molecule has 0 unspecified atom stereocenters. The van der Waals surface area contributed by atoms with Crippen molar-refractivity contribution in [3.8, 4) is 0 Å². The number of rotatable bonds is 10. The summed E-state index contributed by atoms with van der Waals surface area (Å²) < 4.78 is 26.4. The zero-order chi connectivity index (χ0) is 13.3. The van der Waals surface area contributed by atoms with Crippen LogP contribution in [0.1, 0.15) is 25.7 Å². The van der Waals surface area contributed by atoms with Gasteiger partial charge < -0.3 is 10.2 Å². The van der Waals surface area contributed by atoms with Gasteiger partial charge in [0, 0.05) is 26.7 Å². The summed E-state index contributed by atoms with van der Waals surface area (Å²) in [4.78, 5) is 10.3. The summed E-state index contributed by atoms with van der Waals surface area (Å²) in [7, 11) is -2.25. The maximum absolute atomic E-state index is 11.5. The molecule has 0 heterocycles. The second-order valence-corrected chi connectivity index (χ2v) is 5.51. The van der Waals surface area contributed by atoms with Crippen molar-refractivity contribution in [2.75, 3.05) is 26.7 Å². The van der Waals surface area contributed by atoms with Crippen molar-refractivity contribution in [3.05, 3.63) is 0 Å². The molecule has 0 aromatic rings. The molecule has 0 aromatic heterocycles. The van der Waals surface area contributed by atoms with E-state index in [1.54, 1.807) is 0 Å². The van der Waals surface area contributed by atoms with Crippen LogP contribution in [0.3, 0.4) is 0 Å². The minimum absolute atomic E-state index is 0.0543. The molecule has 17 heavy (non-hydrogen) atoms. The number of aliphatic hydroxyl groups excluding tert-OH is 1. The van der Waals surface area contributed by atoms with Gasteiger partial charge in [-0.1, -0.05) is 0 Å². The monoisotopic (exact) mass is 268 g/mol. The van der Waals surface area contributed by atoms with Crippen LogP contribution in [0, 0.1) is 0 Å². The molecule has 0 aliphatic carbocycles. The van der Waals surface area contributed by atoms with E-state index in [9.17, 15) is 13.2 Å². The third-order valence-corrected chi connectivity index (χ3v) is 3.74. The molecule has 8 heteroatoms. The Labute approximate surface area is 102 Å². The Morgan fingerprint density at radius 3 is 2.47 bits per heavy atom. The van der Waals surface area contributed by atoms with Gasteiger partial charge in [0.1, 0.15) is 0 Å². The normalized spacial score (nSPS) is 11.9. The summed E-state index contributed by atoms with van der Waals surface area (Å²) in [5.41, 5.74) is 0. The van der Waals surface area contributed by atoms with Crippen molar-refractivity contribution < 1.29 is 23.4 Å². The first kappa shape index (κ1) is 16.3. The molecule has 0 bridgehead atoms. The molecule has 3 N–H and O–H groups in total. The third kappa shape index (κ3) is 8.08. The van der Waals surface area contributed by atoms with Gasteiger partial charge in [-0.15, -0.1) is 0 Å². The number of unbranched alkanes of at least 4 members (excludes halogenated alkanes) is 2. The van der Waals surface area contributed by atoms with E-state index in [0.29, 0.717) is 19.4 Å². The Balaban J connectivity index is 3.89. The number of carbonyl (C=O) groups is 1. The number of aliphatic hydroxyl groups is 1. The molecule has 0 radical (unpaired) electrons. The standard InChI is InChI=1S/C9H20N2O5S/c1-11(7-5-9(13)14)17(15,16)10-6-3-2-4-8-12/h10,12H,2-8H2,1H3,(H,13,14). The van der Waals surface area contributed by atoms with E-state index in [4.69, 9.17) is 10.2 Å².